The van der Waals surface area contributed by atoms with Crippen LogP contribution in [-0.4, -0.2) is 61.6 Å². The highest BCUT2D eigenvalue weighted by Crippen LogP contribution is 2.40. The lowest BCUT2D eigenvalue weighted by Gasteiger charge is -2.42. The first-order valence-electron chi connectivity index (χ1n) is 4.44. The molecule has 0 aromatic rings. The number of hydrogen-bond acceptors (Lipinski definition) is 7. The first-order valence-corrected chi connectivity index (χ1v) is 5.97. The summed E-state index contributed by atoms with van der Waals surface area (Å²) in [5.41, 5.74) is 10.7. The van der Waals surface area contributed by atoms with E-state index in [0.29, 0.717) is 0 Å². The van der Waals surface area contributed by atoms with E-state index in [1.165, 1.54) is 0 Å². The van der Waals surface area contributed by atoms with Crippen LogP contribution in [0.2, 0.25) is 0 Å². The molecule has 10 heteroatoms. The quantitative estimate of drug-likeness (QED) is 0.244. The lowest BCUT2D eigenvalue weighted by Crippen LogP contribution is -2.69. The summed E-state index contributed by atoms with van der Waals surface area (Å²) in [6.45, 7) is 0. The van der Waals surface area contributed by atoms with Gasteiger partial charge in [-0.3, -0.25) is 4.52 Å². The molecule has 1 fully saturated rings. The Kier molecular flexibility index (Phi) is 4.06. The van der Waals surface area contributed by atoms with Crippen LogP contribution in [0.15, 0.2) is 0 Å². The minimum absolute atomic E-state index is 1.25. The molecular formula is C6H15N2O7P. The van der Waals surface area contributed by atoms with E-state index in [2.05, 4.69) is 4.52 Å². The van der Waals surface area contributed by atoms with Crippen molar-refractivity contribution in [2.75, 3.05) is 0 Å². The van der Waals surface area contributed by atoms with Crippen LogP contribution in [0.4, 0.5) is 0 Å². The molecule has 9 N–H and O–H groups in total. The summed E-state index contributed by atoms with van der Waals surface area (Å²) in [7, 11) is -4.89. The summed E-state index contributed by atoms with van der Waals surface area (Å²) in [4.78, 5) is 17.1. The molecule has 0 heterocycles. The highest BCUT2D eigenvalue weighted by Gasteiger charge is 2.49. The number of aliphatic hydroxyl groups is 3. The molecule has 0 spiro atoms. The molecule has 0 saturated heterocycles. The van der Waals surface area contributed by atoms with Crippen LogP contribution in [0.1, 0.15) is 0 Å². The van der Waals surface area contributed by atoms with Crippen molar-refractivity contribution in [3.05, 3.63) is 0 Å². The zero-order chi connectivity index (χ0) is 12.7. The molecule has 1 saturated carbocycles. The topological polar surface area (TPSA) is 179 Å². The maximum Gasteiger partial charge on any atom is 0.470 e. The second kappa shape index (κ2) is 4.65. The number of rotatable bonds is 2. The standard InChI is InChI=1S/C6H15N2O7P/c7-1-3(9)2(8)5(11)6(4(1)10)15-16(12,13)14/h1-6,9-11H,7-8H2,(H2,12,13,14)/t1-,2+,3?,4+,5-,6?. The van der Waals surface area contributed by atoms with Crippen LogP contribution in [0.3, 0.4) is 0 Å². The largest absolute Gasteiger partial charge is 0.470 e. The summed E-state index contributed by atoms with van der Waals surface area (Å²) >= 11 is 0. The van der Waals surface area contributed by atoms with E-state index < -0.39 is 44.3 Å². The molecule has 2 unspecified atom stereocenters. The minimum atomic E-state index is -4.89. The van der Waals surface area contributed by atoms with Gasteiger partial charge in [-0.2, -0.15) is 0 Å². The Balaban J connectivity index is 2.87. The van der Waals surface area contributed by atoms with Crippen LogP contribution in [0.25, 0.3) is 0 Å². The van der Waals surface area contributed by atoms with Crippen LogP contribution in [0.5, 0.6) is 0 Å². The Morgan fingerprint density at radius 1 is 0.938 bits per heavy atom. The molecule has 0 aromatic carbocycles. The monoisotopic (exact) mass is 258 g/mol. The van der Waals surface area contributed by atoms with Crippen molar-refractivity contribution >= 4 is 7.82 Å². The Labute approximate surface area is 90.9 Å². The van der Waals surface area contributed by atoms with E-state index in [1.807, 2.05) is 0 Å². The first-order chi connectivity index (χ1) is 7.15. The number of nitrogens with two attached hydrogens (primary N) is 2. The SMILES string of the molecule is N[C@@H]1C(O)[C@H](N)[C@@H](O)C(OP(=O)(O)O)[C@H]1O. The average Bonchev–Trinajstić information content (AvgIpc) is 2.17. The van der Waals surface area contributed by atoms with Gasteiger partial charge in [0.1, 0.15) is 18.3 Å². The minimum Gasteiger partial charge on any atom is -0.390 e. The zero-order valence-electron chi connectivity index (χ0n) is 8.12. The van der Waals surface area contributed by atoms with Crippen LogP contribution in [-0.2, 0) is 9.09 Å². The molecule has 96 valence electrons. The second-order valence-corrected chi connectivity index (χ2v) is 4.88. The molecule has 0 aliphatic heterocycles. The summed E-state index contributed by atoms with van der Waals surface area (Å²) in [6, 6.07) is -2.51. The molecule has 0 bridgehead atoms. The number of phosphoric ester groups is 1. The zero-order valence-corrected chi connectivity index (χ0v) is 9.01. The van der Waals surface area contributed by atoms with Gasteiger partial charge in [0.25, 0.3) is 0 Å². The van der Waals surface area contributed by atoms with E-state index in [-0.39, 0.29) is 0 Å². The van der Waals surface area contributed by atoms with Crippen LogP contribution < -0.4 is 11.5 Å². The third-order valence-corrected chi connectivity index (χ3v) is 3.03. The molecule has 0 radical (unpaired) electrons. The van der Waals surface area contributed by atoms with Gasteiger partial charge in [-0.15, -0.1) is 0 Å². The molecule has 16 heavy (non-hydrogen) atoms. The van der Waals surface area contributed by atoms with Crippen molar-refractivity contribution in [3.8, 4) is 0 Å². The maximum atomic E-state index is 10.6. The molecule has 1 aliphatic carbocycles. The fourth-order valence-electron chi connectivity index (χ4n) is 1.58. The molecule has 0 amide bonds. The van der Waals surface area contributed by atoms with Gasteiger partial charge in [0, 0.05) is 0 Å². The smallest absolute Gasteiger partial charge is 0.390 e. The second-order valence-electron chi connectivity index (χ2n) is 3.69. The van der Waals surface area contributed by atoms with Gasteiger partial charge in [-0.25, -0.2) is 4.57 Å². The number of phosphoric acid groups is 1. The third-order valence-electron chi connectivity index (χ3n) is 2.51. The Bertz CT molecular complexity index is 281. The van der Waals surface area contributed by atoms with E-state index in [9.17, 15) is 19.9 Å². The van der Waals surface area contributed by atoms with Crippen molar-refractivity contribution in [1.82, 2.24) is 0 Å². The van der Waals surface area contributed by atoms with E-state index in [0.717, 1.165) is 0 Å². The number of aliphatic hydroxyl groups excluding tert-OH is 3. The summed E-state index contributed by atoms with van der Waals surface area (Å²) in [5, 5.41) is 28.4. The Morgan fingerprint density at radius 3 is 1.62 bits per heavy atom. The molecule has 1 aliphatic rings. The average molecular weight is 258 g/mol. The van der Waals surface area contributed by atoms with Gasteiger partial charge >= 0.3 is 7.82 Å². The predicted molar refractivity (Wildman–Crippen MR) is 50.9 cm³/mol. The normalized spacial score (nSPS) is 45.7. The maximum absolute atomic E-state index is 10.6. The molecular weight excluding hydrogens is 243 g/mol. The lowest BCUT2D eigenvalue weighted by atomic mass is 9.82. The fraction of sp³-hybridized carbons (Fsp3) is 1.00. The van der Waals surface area contributed by atoms with Gasteiger partial charge in [0.05, 0.1) is 18.2 Å². The lowest BCUT2D eigenvalue weighted by molar-refractivity contribution is -0.133. The van der Waals surface area contributed by atoms with Crippen molar-refractivity contribution in [2.45, 2.75) is 36.5 Å². The van der Waals surface area contributed by atoms with Crippen LogP contribution in [0, 0.1) is 0 Å². The molecule has 1 rings (SSSR count). The van der Waals surface area contributed by atoms with E-state index in [1.54, 1.807) is 0 Å². The van der Waals surface area contributed by atoms with Crippen molar-refractivity contribution < 1.29 is 34.2 Å². The van der Waals surface area contributed by atoms with Crippen molar-refractivity contribution in [1.29, 1.82) is 0 Å². The predicted octanol–water partition coefficient (Wildman–Crippen LogP) is -3.78. The van der Waals surface area contributed by atoms with Gasteiger partial charge in [-0.05, 0) is 0 Å². The number of hydrogen-bond donors (Lipinski definition) is 7. The van der Waals surface area contributed by atoms with Gasteiger partial charge in [0.2, 0.25) is 0 Å². The summed E-state index contributed by atoms with van der Waals surface area (Å²) in [5.74, 6) is 0. The third kappa shape index (κ3) is 2.77. The van der Waals surface area contributed by atoms with Gasteiger partial charge < -0.3 is 36.6 Å². The Hall–Kier alpha value is -0.0900. The fourth-order valence-corrected chi connectivity index (χ4v) is 2.15. The first kappa shape index (κ1) is 14.0. The molecule has 9 nitrogen and oxygen atoms in total. The van der Waals surface area contributed by atoms with E-state index >= 15 is 0 Å². The van der Waals surface area contributed by atoms with E-state index in [4.69, 9.17) is 21.3 Å². The van der Waals surface area contributed by atoms with Crippen molar-refractivity contribution in [2.24, 2.45) is 11.5 Å². The molecule has 6 atom stereocenters. The van der Waals surface area contributed by atoms with Crippen LogP contribution >= 0.6 is 7.82 Å². The van der Waals surface area contributed by atoms with Gasteiger partial charge in [-0.1, -0.05) is 0 Å². The highest BCUT2D eigenvalue weighted by molar-refractivity contribution is 7.46. The van der Waals surface area contributed by atoms with Crippen molar-refractivity contribution in [3.63, 3.8) is 0 Å². The Morgan fingerprint density at radius 2 is 1.31 bits per heavy atom. The highest BCUT2D eigenvalue weighted by atomic mass is 31.2. The summed E-state index contributed by atoms with van der Waals surface area (Å²) in [6.07, 6.45) is -6.29. The summed E-state index contributed by atoms with van der Waals surface area (Å²) < 4.78 is 14.8. The van der Waals surface area contributed by atoms with Gasteiger partial charge in [0.15, 0.2) is 0 Å². The molecule has 0 aromatic heterocycles.